The van der Waals surface area contributed by atoms with Crippen molar-refractivity contribution < 1.29 is 18.7 Å². The molecule has 1 unspecified atom stereocenters. The van der Waals surface area contributed by atoms with Gasteiger partial charge < -0.3 is 9.64 Å². The fraction of sp³-hybridized carbons (Fsp3) is 0.407. The molecule has 0 N–H and O–H groups in total. The number of nitrogens with zero attached hydrogens (tertiary/aromatic N) is 4. The summed E-state index contributed by atoms with van der Waals surface area (Å²) in [6.45, 7) is 3.81. The van der Waals surface area contributed by atoms with Crippen molar-refractivity contribution in [3.05, 3.63) is 74.4 Å². The van der Waals surface area contributed by atoms with Crippen LogP contribution >= 0.6 is 22.9 Å². The van der Waals surface area contributed by atoms with E-state index in [0.717, 1.165) is 42.1 Å². The SMILES string of the molecule is O=C(Cc1nnc(CCc2ccc(Cl)cc2)s1)C1CC(=O)N(c2ccc(CN3CCOCC3)cc2F)C1. The summed E-state index contributed by atoms with van der Waals surface area (Å²) in [5.41, 5.74) is 2.24. The Kier molecular flexibility index (Phi) is 8.24. The Labute approximate surface area is 224 Å². The molecule has 2 aromatic carbocycles. The van der Waals surface area contributed by atoms with Gasteiger partial charge in [0, 0.05) is 50.0 Å². The maximum atomic E-state index is 15.0. The van der Waals surface area contributed by atoms with Crippen LogP contribution in [0.25, 0.3) is 0 Å². The van der Waals surface area contributed by atoms with Crippen LogP contribution in [0.5, 0.6) is 0 Å². The molecule has 2 aliphatic rings. The summed E-state index contributed by atoms with van der Waals surface area (Å²) in [6, 6.07) is 12.7. The molecule has 2 fully saturated rings. The number of ketones is 1. The number of carbonyl (C=O) groups is 2. The first kappa shape index (κ1) is 25.9. The summed E-state index contributed by atoms with van der Waals surface area (Å²) in [4.78, 5) is 29.3. The zero-order valence-electron chi connectivity index (χ0n) is 20.4. The molecular formula is C27H28ClFN4O3S. The van der Waals surface area contributed by atoms with Gasteiger partial charge in [-0.1, -0.05) is 29.8 Å². The highest BCUT2D eigenvalue weighted by Gasteiger charge is 2.36. The molecule has 0 aliphatic carbocycles. The highest BCUT2D eigenvalue weighted by molar-refractivity contribution is 7.11. The monoisotopic (exact) mass is 542 g/mol. The second-order valence-corrected chi connectivity index (χ2v) is 11.0. The zero-order chi connectivity index (χ0) is 25.8. The van der Waals surface area contributed by atoms with E-state index in [2.05, 4.69) is 15.1 Å². The first-order valence-corrected chi connectivity index (χ1v) is 13.6. The number of rotatable bonds is 9. The van der Waals surface area contributed by atoms with Crippen molar-refractivity contribution in [1.29, 1.82) is 0 Å². The lowest BCUT2D eigenvalue weighted by Crippen LogP contribution is -2.35. The predicted octanol–water partition coefficient (Wildman–Crippen LogP) is 4.11. The van der Waals surface area contributed by atoms with Crippen molar-refractivity contribution >= 4 is 40.3 Å². The Balaban J connectivity index is 1.15. The molecule has 1 aromatic heterocycles. The normalized spacial score (nSPS) is 18.5. The lowest BCUT2D eigenvalue weighted by Gasteiger charge is -2.27. The lowest BCUT2D eigenvalue weighted by atomic mass is 10.0. The van der Waals surface area contributed by atoms with Gasteiger partial charge in [-0.05, 0) is 41.8 Å². The molecule has 10 heteroatoms. The van der Waals surface area contributed by atoms with Gasteiger partial charge in [0.15, 0.2) is 0 Å². The van der Waals surface area contributed by atoms with Crippen LogP contribution in [0.3, 0.4) is 0 Å². The number of carbonyl (C=O) groups excluding carboxylic acids is 2. The smallest absolute Gasteiger partial charge is 0.227 e. The van der Waals surface area contributed by atoms with Crippen LogP contribution < -0.4 is 4.90 Å². The molecule has 3 heterocycles. The first-order chi connectivity index (χ1) is 17.9. The Morgan fingerprint density at radius 2 is 1.78 bits per heavy atom. The molecule has 1 amide bonds. The Bertz CT molecular complexity index is 1260. The number of amides is 1. The molecule has 0 bridgehead atoms. The van der Waals surface area contributed by atoms with Crippen LogP contribution in [0.15, 0.2) is 42.5 Å². The number of hydrogen-bond donors (Lipinski definition) is 0. The molecule has 5 rings (SSSR count). The summed E-state index contributed by atoms with van der Waals surface area (Å²) >= 11 is 7.35. The minimum Gasteiger partial charge on any atom is -0.379 e. The maximum Gasteiger partial charge on any atom is 0.227 e. The number of morpholine rings is 1. The maximum absolute atomic E-state index is 15.0. The molecule has 0 saturated carbocycles. The van der Waals surface area contributed by atoms with Gasteiger partial charge in [0.1, 0.15) is 21.6 Å². The molecule has 2 aliphatic heterocycles. The summed E-state index contributed by atoms with van der Waals surface area (Å²) < 4.78 is 20.3. The zero-order valence-corrected chi connectivity index (χ0v) is 21.9. The molecule has 1 atom stereocenters. The van der Waals surface area contributed by atoms with Gasteiger partial charge >= 0.3 is 0 Å². The van der Waals surface area contributed by atoms with E-state index in [-0.39, 0.29) is 36.8 Å². The summed E-state index contributed by atoms with van der Waals surface area (Å²) in [7, 11) is 0. The van der Waals surface area contributed by atoms with Crippen molar-refractivity contribution in [2.75, 3.05) is 37.7 Å². The average Bonchev–Trinajstić information content (AvgIpc) is 3.51. The Morgan fingerprint density at radius 1 is 1.05 bits per heavy atom. The van der Waals surface area contributed by atoms with Crippen molar-refractivity contribution in [2.24, 2.45) is 5.92 Å². The number of halogens is 2. The number of anilines is 1. The van der Waals surface area contributed by atoms with E-state index in [9.17, 15) is 14.0 Å². The first-order valence-electron chi connectivity index (χ1n) is 12.4. The fourth-order valence-electron chi connectivity index (χ4n) is 4.70. The van der Waals surface area contributed by atoms with Crippen LogP contribution in [0.2, 0.25) is 5.02 Å². The number of Topliss-reactive ketones (excluding diaryl/α,β-unsaturated/α-hetero) is 1. The van der Waals surface area contributed by atoms with Crippen molar-refractivity contribution in [3.63, 3.8) is 0 Å². The third-order valence-electron chi connectivity index (χ3n) is 6.77. The van der Waals surface area contributed by atoms with E-state index in [1.807, 2.05) is 30.3 Å². The molecule has 0 spiro atoms. The lowest BCUT2D eigenvalue weighted by molar-refractivity contribution is -0.124. The number of aromatic nitrogens is 2. The van der Waals surface area contributed by atoms with Gasteiger partial charge in [-0.2, -0.15) is 0 Å². The second-order valence-electron chi connectivity index (χ2n) is 9.44. The van der Waals surface area contributed by atoms with E-state index in [1.54, 1.807) is 6.07 Å². The Hall–Kier alpha value is -2.72. The van der Waals surface area contributed by atoms with Crippen LogP contribution in [-0.2, 0) is 40.1 Å². The fourth-order valence-corrected chi connectivity index (χ4v) is 5.68. The van der Waals surface area contributed by atoms with Crippen molar-refractivity contribution in [2.45, 2.75) is 32.2 Å². The van der Waals surface area contributed by atoms with Crippen molar-refractivity contribution in [3.8, 4) is 0 Å². The third-order valence-corrected chi connectivity index (χ3v) is 8.00. The predicted molar refractivity (Wildman–Crippen MR) is 140 cm³/mol. The molecule has 194 valence electrons. The minimum atomic E-state index is -0.485. The van der Waals surface area contributed by atoms with Crippen LogP contribution in [0.1, 0.15) is 27.6 Å². The van der Waals surface area contributed by atoms with Gasteiger partial charge in [0.05, 0.1) is 25.3 Å². The number of benzene rings is 2. The van der Waals surface area contributed by atoms with E-state index in [0.29, 0.717) is 29.8 Å². The van der Waals surface area contributed by atoms with Gasteiger partial charge in [0.25, 0.3) is 0 Å². The third kappa shape index (κ3) is 6.59. The molecular weight excluding hydrogens is 515 g/mol. The molecule has 2 saturated heterocycles. The average molecular weight is 543 g/mol. The Morgan fingerprint density at radius 3 is 2.54 bits per heavy atom. The van der Waals surface area contributed by atoms with E-state index >= 15 is 0 Å². The second kappa shape index (κ2) is 11.8. The standard InChI is InChI=1S/C27H28ClFN4O3S/c28-21-5-1-18(2-6-21)4-8-25-30-31-26(37-25)15-24(34)20-14-27(35)33(17-20)23-7-3-19(13-22(23)29)16-32-9-11-36-12-10-32/h1-3,5-7,13,20H,4,8-12,14-17H2. The highest BCUT2D eigenvalue weighted by atomic mass is 35.5. The van der Waals surface area contributed by atoms with Crippen LogP contribution in [0, 0.1) is 11.7 Å². The summed E-state index contributed by atoms with van der Waals surface area (Å²) in [5.74, 6) is -1.23. The topological polar surface area (TPSA) is 75.6 Å². The summed E-state index contributed by atoms with van der Waals surface area (Å²) in [5, 5.41) is 10.6. The number of aryl methyl sites for hydroxylation is 2. The van der Waals surface area contributed by atoms with Crippen LogP contribution in [-0.4, -0.2) is 59.6 Å². The van der Waals surface area contributed by atoms with Gasteiger partial charge in [-0.3, -0.25) is 14.5 Å². The largest absolute Gasteiger partial charge is 0.379 e. The molecule has 3 aromatic rings. The summed E-state index contributed by atoms with van der Waals surface area (Å²) in [6.07, 6.45) is 1.74. The van der Waals surface area contributed by atoms with Crippen LogP contribution in [0.4, 0.5) is 10.1 Å². The molecule has 37 heavy (non-hydrogen) atoms. The van der Waals surface area contributed by atoms with E-state index < -0.39 is 11.7 Å². The van der Waals surface area contributed by atoms with Gasteiger partial charge in [-0.25, -0.2) is 4.39 Å². The number of ether oxygens (including phenoxy) is 1. The van der Waals surface area contributed by atoms with E-state index in [4.69, 9.17) is 16.3 Å². The van der Waals surface area contributed by atoms with Gasteiger partial charge in [-0.15, -0.1) is 21.5 Å². The number of hydrogen-bond acceptors (Lipinski definition) is 7. The van der Waals surface area contributed by atoms with Gasteiger partial charge in [0.2, 0.25) is 5.91 Å². The quantitative estimate of drug-likeness (QED) is 0.405. The molecule has 7 nitrogen and oxygen atoms in total. The minimum absolute atomic E-state index is 0.0689. The van der Waals surface area contributed by atoms with Crippen molar-refractivity contribution in [1.82, 2.24) is 15.1 Å². The van der Waals surface area contributed by atoms with E-state index in [1.165, 1.54) is 22.3 Å². The highest BCUT2D eigenvalue weighted by Crippen LogP contribution is 2.30. The molecule has 0 radical (unpaired) electrons.